The zero-order valence-corrected chi connectivity index (χ0v) is 13.3. The van der Waals surface area contributed by atoms with Gasteiger partial charge >= 0.3 is 5.69 Å². The summed E-state index contributed by atoms with van der Waals surface area (Å²) >= 11 is 0. The Bertz CT molecular complexity index is 887. The van der Waals surface area contributed by atoms with Crippen LogP contribution in [0.3, 0.4) is 0 Å². The number of hydrogen-bond acceptors (Lipinski definition) is 6. The highest BCUT2D eigenvalue weighted by Gasteiger charge is 2.26. The van der Waals surface area contributed by atoms with Gasteiger partial charge < -0.3 is 10.2 Å². The van der Waals surface area contributed by atoms with Crippen LogP contribution in [0, 0.1) is 15.9 Å². The van der Waals surface area contributed by atoms with Gasteiger partial charge in [0, 0.05) is 18.4 Å². The monoisotopic (exact) mass is 339 g/mol. The number of aromatic nitrogens is 2. The van der Waals surface area contributed by atoms with Crippen molar-refractivity contribution in [2.45, 2.75) is 0 Å². The van der Waals surface area contributed by atoms with Crippen molar-refractivity contribution < 1.29 is 9.31 Å². The Balaban J connectivity index is 2.02. The number of para-hydroxylation sites is 1. The van der Waals surface area contributed by atoms with E-state index in [1.165, 1.54) is 30.6 Å². The van der Waals surface area contributed by atoms with Gasteiger partial charge in [-0.05, 0) is 36.4 Å². The average molecular weight is 339 g/mol. The Morgan fingerprint density at radius 3 is 2.40 bits per heavy atom. The Morgan fingerprint density at radius 2 is 1.76 bits per heavy atom. The van der Waals surface area contributed by atoms with Crippen LogP contribution in [0.4, 0.5) is 33.1 Å². The van der Waals surface area contributed by atoms with Crippen molar-refractivity contribution in [3.63, 3.8) is 0 Å². The number of hydrogen-bond donors (Lipinski definition) is 1. The third-order valence-electron chi connectivity index (χ3n) is 3.55. The molecule has 25 heavy (non-hydrogen) atoms. The van der Waals surface area contributed by atoms with Gasteiger partial charge in [-0.3, -0.25) is 10.1 Å². The number of nitrogens with one attached hydrogen (secondary N) is 1. The van der Waals surface area contributed by atoms with E-state index in [0.717, 1.165) is 5.69 Å². The first-order chi connectivity index (χ1) is 12.1. The molecule has 1 heterocycles. The summed E-state index contributed by atoms with van der Waals surface area (Å²) in [6.07, 6.45) is 1.24. The van der Waals surface area contributed by atoms with Crippen molar-refractivity contribution in [2.75, 3.05) is 17.3 Å². The minimum Gasteiger partial charge on any atom is -0.334 e. The molecule has 1 aromatic heterocycles. The van der Waals surface area contributed by atoms with Crippen LogP contribution in [0.5, 0.6) is 0 Å². The second kappa shape index (κ2) is 6.91. The molecule has 8 heteroatoms. The number of anilines is 4. The fourth-order valence-electron chi connectivity index (χ4n) is 2.32. The van der Waals surface area contributed by atoms with Crippen LogP contribution < -0.4 is 10.2 Å². The SMILES string of the molecule is CN(c1ccccc1)c1ncnc(Nc2ccc(F)cc2)c1[N+](=O)[O-]. The van der Waals surface area contributed by atoms with Gasteiger partial charge in [0.1, 0.15) is 12.1 Å². The molecule has 1 N–H and O–H groups in total. The molecular weight excluding hydrogens is 325 g/mol. The molecule has 3 rings (SSSR count). The van der Waals surface area contributed by atoms with Crippen molar-refractivity contribution in [3.05, 3.63) is 76.9 Å². The lowest BCUT2D eigenvalue weighted by atomic mass is 10.2. The standard InChI is InChI=1S/C17H14FN5O2/c1-22(14-5-3-2-4-6-14)17-15(23(24)25)16(19-11-20-17)21-13-9-7-12(18)8-10-13/h2-11H,1H3,(H,19,20,21). The molecule has 0 unspecified atom stereocenters. The third kappa shape index (κ3) is 3.52. The molecule has 0 saturated heterocycles. The topological polar surface area (TPSA) is 84.2 Å². The first-order valence-corrected chi connectivity index (χ1v) is 7.37. The van der Waals surface area contributed by atoms with E-state index in [2.05, 4.69) is 15.3 Å². The van der Waals surface area contributed by atoms with Gasteiger partial charge in [-0.1, -0.05) is 18.2 Å². The maximum absolute atomic E-state index is 13.0. The minimum absolute atomic E-state index is 0.0318. The summed E-state index contributed by atoms with van der Waals surface area (Å²) in [6, 6.07) is 14.6. The van der Waals surface area contributed by atoms with E-state index in [1.807, 2.05) is 30.3 Å². The predicted molar refractivity (Wildman–Crippen MR) is 92.9 cm³/mol. The Morgan fingerprint density at radius 1 is 1.08 bits per heavy atom. The van der Waals surface area contributed by atoms with E-state index >= 15 is 0 Å². The molecule has 0 aliphatic carbocycles. The lowest BCUT2D eigenvalue weighted by molar-refractivity contribution is -0.383. The molecule has 0 saturated carbocycles. The van der Waals surface area contributed by atoms with E-state index in [0.29, 0.717) is 5.69 Å². The number of rotatable bonds is 5. The summed E-state index contributed by atoms with van der Waals surface area (Å²) in [7, 11) is 1.69. The molecule has 0 atom stereocenters. The van der Waals surface area contributed by atoms with Gasteiger partial charge in [0.15, 0.2) is 0 Å². The largest absolute Gasteiger partial charge is 0.354 e. The number of halogens is 1. The smallest absolute Gasteiger partial charge is 0.334 e. The second-order valence-corrected chi connectivity index (χ2v) is 5.18. The summed E-state index contributed by atoms with van der Waals surface area (Å²) in [4.78, 5) is 20.7. The third-order valence-corrected chi connectivity index (χ3v) is 3.55. The zero-order valence-electron chi connectivity index (χ0n) is 13.3. The normalized spacial score (nSPS) is 10.3. The van der Waals surface area contributed by atoms with Crippen LogP contribution in [0.1, 0.15) is 0 Å². The minimum atomic E-state index is -0.541. The van der Waals surface area contributed by atoms with Crippen molar-refractivity contribution in [1.29, 1.82) is 0 Å². The van der Waals surface area contributed by atoms with E-state index in [4.69, 9.17) is 0 Å². The van der Waals surface area contributed by atoms with Crippen LogP contribution in [0.2, 0.25) is 0 Å². The van der Waals surface area contributed by atoms with Crippen molar-refractivity contribution >= 4 is 28.7 Å². The first-order valence-electron chi connectivity index (χ1n) is 7.37. The lowest BCUT2D eigenvalue weighted by Crippen LogP contribution is -2.15. The quantitative estimate of drug-likeness (QED) is 0.558. The fraction of sp³-hybridized carbons (Fsp3) is 0.0588. The summed E-state index contributed by atoms with van der Waals surface area (Å²) in [5.74, 6) is -0.215. The van der Waals surface area contributed by atoms with Gasteiger partial charge in [0.2, 0.25) is 11.6 Å². The molecule has 0 bridgehead atoms. The van der Waals surface area contributed by atoms with Crippen LogP contribution >= 0.6 is 0 Å². The van der Waals surface area contributed by atoms with Crippen LogP contribution in [0.15, 0.2) is 60.9 Å². The molecule has 0 radical (unpaired) electrons. The van der Waals surface area contributed by atoms with Crippen LogP contribution in [-0.4, -0.2) is 21.9 Å². The molecule has 2 aromatic carbocycles. The van der Waals surface area contributed by atoms with E-state index in [9.17, 15) is 14.5 Å². The van der Waals surface area contributed by atoms with Crippen LogP contribution in [0.25, 0.3) is 0 Å². The van der Waals surface area contributed by atoms with Crippen molar-refractivity contribution in [3.8, 4) is 0 Å². The van der Waals surface area contributed by atoms with Gasteiger partial charge in [0.05, 0.1) is 4.92 Å². The molecule has 0 spiro atoms. The number of nitro groups is 1. The van der Waals surface area contributed by atoms with Crippen LogP contribution in [-0.2, 0) is 0 Å². The molecular formula is C17H14FN5O2. The number of nitrogens with zero attached hydrogens (tertiary/aromatic N) is 4. The highest BCUT2D eigenvalue weighted by molar-refractivity contribution is 5.77. The van der Waals surface area contributed by atoms with E-state index < -0.39 is 10.7 Å². The Kier molecular flexibility index (Phi) is 4.51. The van der Waals surface area contributed by atoms with Gasteiger partial charge in [-0.15, -0.1) is 0 Å². The highest BCUT2D eigenvalue weighted by Crippen LogP contribution is 2.35. The van der Waals surface area contributed by atoms with Gasteiger partial charge in [-0.2, -0.15) is 0 Å². The average Bonchev–Trinajstić information content (AvgIpc) is 2.63. The maximum atomic E-state index is 13.0. The van der Waals surface area contributed by atoms with E-state index in [-0.39, 0.29) is 17.3 Å². The van der Waals surface area contributed by atoms with Crippen molar-refractivity contribution in [1.82, 2.24) is 9.97 Å². The second-order valence-electron chi connectivity index (χ2n) is 5.18. The lowest BCUT2D eigenvalue weighted by Gasteiger charge is -2.18. The Hall–Kier alpha value is -3.55. The zero-order chi connectivity index (χ0) is 17.8. The molecule has 7 nitrogen and oxygen atoms in total. The number of benzene rings is 2. The molecule has 0 amide bonds. The molecule has 0 aliphatic heterocycles. The maximum Gasteiger partial charge on any atom is 0.354 e. The first kappa shape index (κ1) is 16.3. The Labute approximate surface area is 142 Å². The van der Waals surface area contributed by atoms with E-state index in [1.54, 1.807) is 11.9 Å². The van der Waals surface area contributed by atoms with Gasteiger partial charge in [0.25, 0.3) is 0 Å². The summed E-state index contributed by atoms with van der Waals surface area (Å²) < 4.78 is 13.0. The summed E-state index contributed by atoms with van der Waals surface area (Å²) in [6.45, 7) is 0. The molecule has 0 fully saturated rings. The fourth-order valence-corrected chi connectivity index (χ4v) is 2.32. The predicted octanol–water partition coefficient (Wildman–Crippen LogP) is 4.04. The van der Waals surface area contributed by atoms with Gasteiger partial charge in [-0.25, -0.2) is 14.4 Å². The molecule has 0 aliphatic rings. The summed E-state index contributed by atoms with van der Waals surface area (Å²) in [5, 5.41) is 14.5. The molecule has 3 aromatic rings. The molecule has 126 valence electrons. The summed E-state index contributed by atoms with van der Waals surface area (Å²) in [5.41, 5.74) is 0.965. The van der Waals surface area contributed by atoms with Crippen molar-refractivity contribution in [2.24, 2.45) is 0 Å². The highest BCUT2D eigenvalue weighted by atomic mass is 19.1.